The third-order valence-electron chi connectivity index (χ3n) is 7.32. The van der Waals surface area contributed by atoms with Crippen LogP contribution in [-0.4, -0.2) is 15.0 Å². The number of hydrogen-bond acceptors (Lipinski definition) is 4. The Bertz CT molecular complexity index is 2170. The van der Waals surface area contributed by atoms with Gasteiger partial charge >= 0.3 is 0 Å². The lowest BCUT2D eigenvalue weighted by molar-refractivity contribution is 0.667. The lowest BCUT2D eigenvalue weighted by atomic mass is 10.00. The fraction of sp³-hybridized carbons (Fsp3) is 0. The third-order valence-corrected chi connectivity index (χ3v) is 7.32. The molecule has 3 aromatic heterocycles. The number of nitrogens with zero attached hydrogens (tertiary/aromatic N) is 3. The molecule has 0 spiro atoms. The Morgan fingerprint density at radius 3 is 2.15 bits per heavy atom. The fourth-order valence-electron chi connectivity index (χ4n) is 5.47. The number of aromatic nitrogens is 3. The number of pyridine rings is 1. The van der Waals surface area contributed by atoms with Crippen molar-refractivity contribution in [2.45, 2.75) is 0 Å². The minimum atomic E-state index is 0.651. The summed E-state index contributed by atoms with van der Waals surface area (Å²) in [4.78, 5) is 15.1. The molecule has 5 aromatic carbocycles. The molecule has 8 aromatic rings. The SMILES string of the molecule is c1ccc(-c2ccc3oc4c(-c5ccccc5)nc(-c5cccc6ccc7cccnc7c56)nc4c3c2)cc1. The van der Waals surface area contributed by atoms with Crippen LogP contribution in [-0.2, 0) is 0 Å². The molecule has 0 fully saturated rings. The summed E-state index contributed by atoms with van der Waals surface area (Å²) in [7, 11) is 0. The van der Waals surface area contributed by atoms with E-state index in [1.165, 1.54) is 0 Å². The molecule has 0 aliphatic carbocycles. The molecule has 0 radical (unpaired) electrons. The van der Waals surface area contributed by atoms with Gasteiger partial charge in [0.1, 0.15) is 16.8 Å². The highest BCUT2D eigenvalue weighted by Gasteiger charge is 2.20. The van der Waals surface area contributed by atoms with Gasteiger partial charge in [-0.25, -0.2) is 9.97 Å². The van der Waals surface area contributed by atoms with Gasteiger partial charge in [-0.2, -0.15) is 0 Å². The maximum absolute atomic E-state index is 6.44. The topological polar surface area (TPSA) is 51.8 Å². The first-order valence-corrected chi connectivity index (χ1v) is 13.0. The van der Waals surface area contributed by atoms with Crippen LogP contribution >= 0.6 is 0 Å². The molecule has 4 heteroatoms. The molecule has 0 N–H and O–H groups in total. The summed E-state index contributed by atoms with van der Waals surface area (Å²) < 4.78 is 6.44. The summed E-state index contributed by atoms with van der Waals surface area (Å²) in [6.07, 6.45) is 1.84. The normalized spacial score (nSPS) is 11.6. The molecule has 0 saturated carbocycles. The lowest BCUT2D eigenvalue weighted by Crippen LogP contribution is -1.95. The molecule has 39 heavy (non-hydrogen) atoms. The van der Waals surface area contributed by atoms with Crippen LogP contribution in [0.15, 0.2) is 132 Å². The zero-order valence-corrected chi connectivity index (χ0v) is 20.9. The van der Waals surface area contributed by atoms with Gasteiger partial charge in [0, 0.05) is 33.5 Å². The molecule has 0 atom stereocenters. The Balaban J connectivity index is 1.48. The van der Waals surface area contributed by atoms with Crippen molar-refractivity contribution in [1.82, 2.24) is 15.0 Å². The van der Waals surface area contributed by atoms with Crippen LogP contribution in [0.4, 0.5) is 0 Å². The van der Waals surface area contributed by atoms with Crippen LogP contribution in [0.5, 0.6) is 0 Å². The minimum Gasteiger partial charge on any atom is -0.452 e. The Kier molecular flexibility index (Phi) is 4.79. The molecule has 4 nitrogen and oxygen atoms in total. The molecule has 8 rings (SSSR count). The smallest absolute Gasteiger partial charge is 0.180 e. The van der Waals surface area contributed by atoms with Crippen LogP contribution in [0.25, 0.3) is 77.5 Å². The highest BCUT2D eigenvalue weighted by atomic mass is 16.3. The largest absolute Gasteiger partial charge is 0.452 e. The van der Waals surface area contributed by atoms with E-state index < -0.39 is 0 Å². The second-order valence-corrected chi connectivity index (χ2v) is 9.66. The van der Waals surface area contributed by atoms with Crippen molar-refractivity contribution in [3.8, 4) is 33.8 Å². The van der Waals surface area contributed by atoms with Crippen molar-refractivity contribution in [3.63, 3.8) is 0 Å². The maximum atomic E-state index is 6.44. The Morgan fingerprint density at radius 2 is 1.31 bits per heavy atom. The second kappa shape index (κ2) is 8.61. The Morgan fingerprint density at radius 1 is 0.538 bits per heavy atom. The van der Waals surface area contributed by atoms with Crippen LogP contribution < -0.4 is 0 Å². The first kappa shape index (κ1) is 21.7. The van der Waals surface area contributed by atoms with E-state index in [1.807, 2.05) is 42.6 Å². The third kappa shape index (κ3) is 3.50. The van der Waals surface area contributed by atoms with Gasteiger partial charge in [0.25, 0.3) is 0 Å². The number of rotatable bonds is 3. The van der Waals surface area contributed by atoms with E-state index >= 15 is 0 Å². The van der Waals surface area contributed by atoms with Gasteiger partial charge in [-0.1, -0.05) is 103 Å². The van der Waals surface area contributed by atoms with E-state index in [0.717, 1.165) is 66.1 Å². The molecule has 3 heterocycles. The van der Waals surface area contributed by atoms with Gasteiger partial charge in [-0.05, 0) is 34.7 Å². The van der Waals surface area contributed by atoms with Crippen LogP contribution in [0.2, 0.25) is 0 Å². The number of fused-ring (bicyclic) bond motifs is 6. The molecule has 0 unspecified atom stereocenters. The highest BCUT2D eigenvalue weighted by Crippen LogP contribution is 2.39. The number of hydrogen-bond donors (Lipinski definition) is 0. The summed E-state index contributed by atoms with van der Waals surface area (Å²) in [5, 5.41) is 4.21. The predicted octanol–water partition coefficient (Wildman–Crippen LogP) is 9.08. The van der Waals surface area contributed by atoms with Gasteiger partial charge in [-0.3, -0.25) is 4.98 Å². The van der Waals surface area contributed by atoms with Gasteiger partial charge in [0.05, 0.1) is 5.52 Å². The molecular weight excluding hydrogens is 478 g/mol. The van der Waals surface area contributed by atoms with E-state index in [4.69, 9.17) is 19.4 Å². The molecule has 0 amide bonds. The summed E-state index contributed by atoms with van der Waals surface area (Å²) in [5.41, 5.74) is 8.20. The zero-order valence-electron chi connectivity index (χ0n) is 20.9. The summed E-state index contributed by atoms with van der Waals surface area (Å²) in [6.45, 7) is 0. The average molecular weight is 500 g/mol. The van der Waals surface area contributed by atoms with E-state index in [-0.39, 0.29) is 0 Å². The number of benzene rings is 5. The predicted molar refractivity (Wildman–Crippen MR) is 158 cm³/mol. The quantitative estimate of drug-likeness (QED) is 0.228. The molecule has 0 saturated heterocycles. The summed E-state index contributed by atoms with van der Waals surface area (Å²) in [6, 6.07) is 41.4. The minimum absolute atomic E-state index is 0.651. The highest BCUT2D eigenvalue weighted by molar-refractivity contribution is 6.13. The van der Waals surface area contributed by atoms with Gasteiger partial charge < -0.3 is 4.42 Å². The van der Waals surface area contributed by atoms with Gasteiger partial charge in [0.2, 0.25) is 0 Å². The Labute approximate surface area is 224 Å². The molecule has 0 aliphatic rings. The second-order valence-electron chi connectivity index (χ2n) is 9.66. The molecule has 182 valence electrons. The van der Waals surface area contributed by atoms with E-state index in [9.17, 15) is 0 Å². The summed E-state index contributed by atoms with van der Waals surface area (Å²) >= 11 is 0. The van der Waals surface area contributed by atoms with Crippen molar-refractivity contribution < 1.29 is 4.42 Å². The van der Waals surface area contributed by atoms with Crippen molar-refractivity contribution in [3.05, 3.63) is 128 Å². The zero-order chi connectivity index (χ0) is 25.8. The van der Waals surface area contributed by atoms with Gasteiger partial charge in [0.15, 0.2) is 11.4 Å². The van der Waals surface area contributed by atoms with Crippen molar-refractivity contribution in [2.75, 3.05) is 0 Å². The van der Waals surface area contributed by atoms with Crippen molar-refractivity contribution >= 4 is 43.7 Å². The van der Waals surface area contributed by atoms with Crippen LogP contribution in [0, 0.1) is 0 Å². The van der Waals surface area contributed by atoms with Gasteiger partial charge in [-0.15, -0.1) is 0 Å². The fourth-order valence-corrected chi connectivity index (χ4v) is 5.47. The maximum Gasteiger partial charge on any atom is 0.180 e. The lowest BCUT2D eigenvalue weighted by Gasteiger charge is -2.10. The first-order chi connectivity index (χ1) is 19.3. The van der Waals surface area contributed by atoms with Crippen LogP contribution in [0.1, 0.15) is 0 Å². The average Bonchev–Trinajstić information content (AvgIpc) is 3.39. The van der Waals surface area contributed by atoms with E-state index in [0.29, 0.717) is 11.4 Å². The standard InChI is InChI=1S/C35H21N3O/c1-3-9-22(10-4-1)26-18-19-29-28(21-26)33-34(39-29)32(24-11-5-2-6-12-24)37-35(38-33)27-15-7-13-23-16-17-25-14-8-20-36-31(25)30(23)27/h1-21H. The monoisotopic (exact) mass is 499 g/mol. The first-order valence-electron chi connectivity index (χ1n) is 13.0. The Hall–Kier alpha value is -5.35. The van der Waals surface area contributed by atoms with E-state index in [1.54, 1.807) is 0 Å². The van der Waals surface area contributed by atoms with Crippen molar-refractivity contribution in [2.24, 2.45) is 0 Å². The molecule has 0 aliphatic heterocycles. The molecular formula is C35H21N3O. The summed E-state index contributed by atoms with van der Waals surface area (Å²) in [5.74, 6) is 0.651. The van der Waals surface area contributed by atoms with Crippen molar-refractivity contribution in [1.29, 1.82) is 0 Å². The van der Waals surface area contributed by atoms with Crippen LogP contribution in [0.3, 0.4) is 0 Å². The number of furan rings is 1. The molecule has 0 bridgehead atoms. The van der Waals surface area contributed by atoms with E-state index in [2.05, 4.69) is 84.9 Å².